The van der Waals surface area contributed by atoms with Crippen LogP contribution >= 0.6 is 0 Å². The molecule has 1 heteroatoms. The maximum Gasteiger partial charge on any atom is -0.00156 e. The summed E-state index contributed by atoms with van der Waals surface area (Å²) in [7, 11) is 0. The molecular formula is C16H27N. The molecule has 0 amide bonds. The lowest BCUT2D eigenvalue weighted by Gasteiger charge is -2.30. The molecule has 0 aromatic rings. The van der Waals surface area contributed by atoms with Gasteiger partial charge in [-0.3, -0.25) is 0 Å². The van der Waals surface area contributed by atoms with E-state index in [9.17, 15) is 0 Å². The van der Waals surface area contributed by atoms with Crippen molar-refractivity contribution in [2.24, 2.45) is 11.8 Å². The fourth-order valence-corrected chi connectivity index (χ4v) is 2.75. The lowest BCUT2D eigenvalue weighted by atomic mass is 9.95. The Labute approximate surface area is 107 Å². The fraction of sp³-hybridized carbons (Fsp3) is 0.750. The molecule has 0 bridgehead atoms. The summed E-state index contributed by atoms with van der Waals surface area (Å²) in [4.78, 5) is 2.65. The smallest absolute Gasteiger partial charge is 0.00156 e. The van der Waals surface area contributed by atoms with Gasteiger partial charge in [-0.1, -0.05) is 37.6 Å². The molecule has 1 aliphatic heterocycles. The van der Waals surface area contributed by atoms with E-state index in [1.807, 2.05) is 0 Å². The Balaban J connectivity index is 1.62. The summed E-state index contributed by atoms with van der Waals surface area (Å²) in [5.41, 5.74) is 1.56. The van der Waals surface area contributed by atoms with Gasteiger partial charge < -0.3 is 4.90 Å². The first-order valence-corrected chi connectivity index (χ1v) is 7.33. The average Bonchev–Trinajstić information content (AvgIpc) is 2.34. The van der Waals surface area contributed by atoms with Crippen molar-refractivity contribution in [3.05, 3.63) is 23.8 Å². The third kappa shape index (κ3) is 4.31. The molecule has 0 aromatic heterocycles. The number of nitrogens with zero attached hydrogens (tertiary/aromatic N) is 1. The zero-order valence-electron chi connectivity index (χ0n) is 11.5. The summed E-state index contributed by atoms with van der Waals surface area (Å²) >= 11 is 0. The molecule has 96 valence electrons. The number of hydrogen-bond donors (Lipinski definition) is 0. The van der Waals surface area contributed by atoms with Crippen molar-refractivity contribution in [2.45, 2.75) is 46.0 Å². The predicted octanol–water partition coefficient (Wildman–Crippen LogP) is 4.02. The number of allylic oxidation sites excluding steroid dienone is 4. The average molecular weight is 233 g/mol. The third-order valence-corrected chi connectivity index (χ3v) is 4.21. The van der Waals surface area contributed by atoms with E-state index in [0.717, 1.165) is 11.8 Å². The Hall–Kier alpha value is -0.560. The van der Waals surface area contributed by atoms with Crippen LogP contribution in [0.2, 0.25) is 0 Å². The molecule has 0 N–H and O–H groups in total. The molecule has 0 saturated carbocycles. The van der Waals surface area contributed by atoms with Crippen molar-refractivity contribution in [1.29, 1.82) is 0 Å². The highest BCUT2D eigenvalue weighted by molar-refractivity contribution is 5.23. The Morgan fingerprint density at radius 3 is 2.65 bits per heavy atom. The molecule has 2 rings (SSSR count). The maximum absolute atomic E-state index is 2.65. The maximum atomic E-state index is 2.65. The summed E-state index contributed by atoms with van der Waals surface area (Å²) in [5, 5.41) is 0. The number of rotatable bonds is 4. The SMILES string of the molecule is CC1C=CC(CCCN2CCC(C)CC2)=CC1. The van der Waals surface area contributed by atoms with Crippen LogP contribution in [0.25, 0.3) is 0 Å². The van der Waals surface area contributed by atoms with E-state index >= 15 is 0 Å². The quantitative estimate of drug-likeness (QED) is 0.709. The Bertz CT molecular complexity index is 282. The van der Waals surface area contributed by atoms with E-state index in [4.69, 9.17) is 0 Å². The van der Waals surface area contributed by atoms with Gasteiger partial charge in [-0.25, -0.2) is 0 Å². The van der Waals surface area contributed by atoms with Gasteiger partial charge in [-0.2, -0.15) is 0 Å². The third-order valence-electron chi connectivity index (χ3n) is 4.21. The minimum absolute atomic E-state index is 0.752. The lowest BCUT2D eigenvalue weighted by molar-refractivity contribution is 0.191. The topological polar surface area (TPSA) is 3.24 Å². The standard InChI is InChI=1S/C16H27N/c1-14-5-7-16(8-6-14)4-3-11-17-12-9-15(2)10-13-17/h5,7-8,14-15H,3-4,6,9-13H2,1-2H3. The van der Waals surface area contributed by atoms with Gasteiger partial charge in [0, 0.05) is 0 Å². The summed E-state index contributed by atoms with van der Waals surface area (Å²) in [6, 6.07) is 0. The van der Waals surface area contributed by atoms with Crippen LogP contribution < -0.4 is 0 Å². The van der Waals surface area contributed by atoms with E-state index in [1.54, 1.807) is 5.57 Å². The van der Waals surface area contributed by atoms with Crippen LogP contribution in [0.15, 0.2) is 23.8 Å². The van der Waals surface area contributed by atoms with E-state index in [-0.39, 0.29) is 0 Å². The molecular weight excluding hydrogens is 206 g/mol. The Morgan fingerprint density at radius 1 is 1.24 bits per heavy atom. The highest BCUT2D eigenvalue weighted by atomic mass is 15.1. The van der Waals surface area contributed by atoms with Crippen LogP contribution in [-0.2, 0) is 0 Å². The first-order valence-electron chi connectivity index (χ1n) is 7.33. The van der Waals surface area contributed by atoms with Gasteiger partial charge in [0.05, 0.1) is 0 Å². The number of hydrogen-bond acceptors (Lipinski definition) is 1. The van der Waals surface area contributed by atoms with Crippen molar-refractivity contribution in [3.63, 3.8) is 0 Å². The largest absolute Gasteiger partial charge is 0.303 e. The van der Waals surface area contributed by atoms with E-state index in [1.165, 1.54) is 51.7 Å². The second kappa shape index (κ2) is 6.39. The number of likely N-dealkylation sites (tertiary alicyclic amines) is 1. The van der Waals surface area contributed by atoms with Crippen molar-refractivity contribution >= 4 is 0 Å². The molecule has 1 saturated heterocycles. The van der Waals surface area contributed by atoms with E-state index in [0.29, 0.717) is 0 Å². The van der Waals surface area contributed by atoms with E-state index in [2.05, 4.69) is 37.0 Å². The normalized spacial score (nSPS) is 27.2. The molecule has 1 aliphatic carbocycles. The van der Waals surface area contributed by atoms with Crippen LogP contribution in [0.4, 0.5) is 0 Å². The highest BCUT2D eigenvalue weighted by Crippen LogP contribution is 2.20. The summed E-state index contributed by atoms with van der Waals surface area (Å²) in [6.07, 6.45) is 13.8. The molecule has 17 heavy (non-hydrogen) atoms. The molecule has 0 spiro atoms. The van der Waals surface area contributed by atoms with Gasteiger partial charge in [0.25, 0.3) is 0 Å². The van der Waals surface area contributed by atoms with Crippen LogP contribution in [0.1, 0.15) is 46.0 Å². The van der Waals surface area contributed by atoms with Gasteiger partial charge in [0.1, 0.15) is 0 Å². The molecule has 0 radical (unpaired) electrons. The van der Waals surface area contributed by atoms with Gasteiger partial charge in [0.15, 0.2) is 0 Å². The molecule has 1 atom stereocenters. The van der Waals surface area contributed by atoms with Crippen LogP contribution in [0.3, 0.4) is 0 Å². The van der Waals surface area contributed by atoms with Gasteiger partial charge in [0.2, 0.25) is 0 Å². The minimum atomic E-state index is 0.752. The Kier molecular flexibility index (Phi) is 4.85. The molecule has 1 heterocycles. The van der Waals surface area contributed by atoms with Crippen molar-refractivity contribution < 1.29 is 0 Å². The Morgan fingerprint density at radius 2 is 2.00 bits per heavy atom. The van der Waals surface area contributed by atoms with Gasteiger partial charge >= 0.3 is 0 Å². The zero-order valence-corrected chi connectivity index (χ0v) is 11.5. The second-order valence-electron chi connectivity index (χ2n) is 5.98. The van der Waals surface area contributed by atoms with Crippen molar-refractivity contribution in [1.82, 2.24) is 4.90 Å². The molecule has 0 aromatic carbocycles. The monoisotopic (exact) mass is 233 g/mol. The van der Waals surface area contributed by atoms with Gasteiger partial charge in [-0.15, -0.1) is 0 Å². The van der Waals surface area contributed by atoms with E-state index < -0.39 is 0 Å². The zero-order chi connectivity index (χ0) is 12.1. The number of piperidine rings is 1. The van der Waals surface area contributed by atoms with Crippen LogP contribution in [0, 0.1) is 11.8 Å². The molecule has 1 nitrogen and oxygen atoms in total. The summed E-state index contributed by atoms with van der Waals surface area (Å²) in [6.45, 7) is 8.63. The summed E-state index contributed by atoms with van der Waals surface area (Å²) < 4.78 is 0. The van der Waals surface area contributed by atoms with Crippen molar-refractivity contribution in [2.75, 3.05) is 19.6 Å². The molecule has 1 fully saturated rings. The van der Waals surface area contributed by atoms with Crippen LogP contribution in [-0.4, -0.2) is 24.5 Å². The highest BCUT2D eigenvalue weighted by Gasteiger charge is 2.14. The van der Waals surface area contributed by atoms with Crippen molar-refractivity contribution in [3.8, 4) is 0 Å². The predicted molar refractivity (Wildman–Crippen MR) is 75.1 cm³/mol. The molecule has 2 aliphatic rings. The fourth-order valence-electron chi connectivity index (χ4n) is 2.75. The first-order chi connectivity index (χ1) is 8.24. The minimum Gasteiger partial charge on any atom is -0.303 e. The molecule has 1 unspecified atom stereocenters. The summed E-state index contributed by atoms with van der Waals surface area (Å²) in [5.74, 6) is 1.71. The second-order valence-corrected chi connectivity index (χ2v) is 5.98. The van der Waals surface area contributed by atoms with Crippen LogP contribution in [0.5, 0.6) is 0 Å². The van der Waals surface area contributed by atoms with Gasteiger partial charge in [-0.05, 0) is 63.6 Å². The first kappa shape index (κ1) is 12.9. The lowest BCUT2D eigenvalue weighted by Crippen LogP contribution is -2.33.